The van der Waals surface area contributed by atoms with Gasteiger partial charge < -0.3 is 5.73 Å². The molecule has 0 radical (unpaired) electrons. The smallest absolute Gasteiger partial charge is 0.265 e. The quantitative estimate of drug-likeness (QED) is 0.323. The van der Waals surface area contributed by atoms with Crippen molar-refractivity contribution in [2.24, 2.45) is 11.7 Å². The molecule has 22 heavy (non-hydrogen) atoms. The first kappa shape index (κ1) is 23.4. The average molecular weight is 336 g/mol. The van der Waals surface area contributed by atoms with E-state index in [1.807, 2.05) is 6.92 Å². The Labute approximate surface area is 136 Å². The number of carbonyl (C=O) groups excluding carboxylic acids is 1. The van der Waals surface area contributed by atoms with Crippen molar-refractivity contribution in [3.05, 3.63) is 12.7 Å². The van der Waals surface area contributed by atoms with Gasteiger partial charge in [-0.25, -0.2) is 0 Å². The summed E-state index contributed by atoms with van der Waals surface area (Å²) < 4.78 is 29.9. The highest BCUT2D eigenvalue weighted by molar-refractivity contribution is 7.85. The van der Waals surface area contributed by atoms with Crippen molar-refractivity contribution >= 4 is 16.0 Å². The summed E-state index contributed by atoms with van der Waals surface area (Å²) in [5.74, 6) is -0.501. The Hall–Kier alpha value is -0.880. The van der Waals surface area contributed by atoms with E-state index in [-0.39, 0.29) is 11.7 Å². The second-order valence-corrected chi connectivity index (χ2v) is 7.22. The van der Waals surface area contributed by atoms with Gasteiger partial charge in [0.05, 0.1) is 5.75 Å². The van der Waals surface area contributed by atoms with E-state index in [0.717, 1.165) is 18.9 Å². The van der Waals surface area contributed by atoms with Crippen LogP contribution in [0.2, 0.25) is 0 Å². The van der Waals surface area contributed by atoms with Crippen molar-refractivity contribution < 1.29 is 17.8 Å². The lowest BCUT2D eigenvalue weighted by Crippen LogP contribution is -2.12. The van der Waals surface area contributed by atoms with Gasteiger partial charge in [-0.05, 0) is 18.4 Å². The van der Waals surface area contributed by atoms with Crippen molar-refractivity contribution in [3.8, 4) is 0 Å². The second kappa shape index (κ2) is 15.0. The minimum Gasteiger partial charge on any atom is -0.366 e. The van der Waals surface area contributed by atoms with Gasteiger partial charge in [-0.3, -0.25) is 9.35 Å². The molecule has 3 N–H and O–H groups in total. The molecule has 0 aromatic heterocycles. The van der Waals surface area contributed by atoms with Crippen LogP contribution < -0.4 is 5.73 Å². The summed E-state index contributed by atoms with van der Waals surface area (Å²) in [6.45, 7) is 7.19. The lowest BCUT2D eigenvalue weighted by Gasteiger charge is -2.08. The highest BCUT2D eigenvalue weighted by Gasteiger charge is 2.11. The van der Waals surface area contributed by atoms with Crippen LogP contribution in [0.15, 0.2) is 12.7 Å². The zero-order valence-corrected chi connectivity index (χ0v) is 14.9. The molecule has 1 amide bonds. The molecule has 0 saturated carbocycles. The van der Waals surface area contributed by atoms with Crippen molar-refractivity contribution in [1.29, 1.82) is 0 Å². The van der Waals surface area contributed by atoms with Gasteiger partial charge in [0.2, 0.25) is 5.91 Å². The average Bonchev–Trinajstić information content (AvgIpc) is 2.40. The summed E-state index contributed by atoms with van der Waals surface area (Å²) in [4.78, 5) is 9.47. The van der Waals surface area contributed by atoms with Crippen LogP contribution >= 0.6 is 0 Å². The first-order chi connectivity index (χ1) is 10.2. The first-order valence-corrected chi connectivity index (χ1v) is 9.70. The molecule has 1 unspecified atom stereocenters. The lowest BCUT2D eigenvalue weighted by atomic mass is 10.0. The Morgan fingerprint density at radius 3 is 1.91 bits per heavy atom. The van der Waals surface area contributed by atoms with Crippen LogP contribution in [0.1, 0.15) is 71.6 Å². The summed E-state index contributed by atoms with van der Waals surface area (Å²) >= 11 is 0. The summed E-state index contributed by atoms with van der Waals surface area (Å²) in [5, 5.41) is 0. The molecule has 0 aromatic carbocycles. The number of rotatable bonds is 12. The Morgan fingerprint density at radius 2 is 1.55 bits per heavy atom. The molecule has 0 saturated heterocycles. The van der Waals surface area contributed by atoms with Crippen LogP contribution in [0.25, 0.3) is 0 Å². The molecule has 0 bridgehead atoms. The van der Waals surface area contributed by atoms with Crippen molar-refractivity contribution in [2.75, 3.05) is 5.75 Å². The van der Waals surface area contributed by atoms with Crippen LogP contribution in [0.4, 0.5) is 0 Å². The van der Waals surface area contributed by atoms with Crippen molar-refractivity contribution in [2.45, 2.75) is 71.6 Å². The van der Waals surface area contributed by atoms with E-state index in [4.69, 9.17) is 4.55 Å². The van der Waals surface area contributed by atoms with Gasteiger partial charge in [0.25, 0.3) is 10.1 Å². The molecule has 0 aliphatic heterocycles. The van der Waals surface area contributed by atoms with Gasteiger partial charge in [0, 0.05) is 0 Å². The fourth-order valence-corrected chi connectivity index (χ4v) is 2.96. The number of hydrogen-bond acceptors (Lipinski definition) is 3. The number of carbonyl (C=O) groups is 1. The van der Waals surface area contributed by atoms with E-state index in [9.17, 15) is 13.2 Å². The second-order valence-electron chi connectivity index (χ2n) is 5.72. The van der Waals surface area contributed by atoms with E-state index in [2.05, 4.69) is 19.2 Å². The molecule has 0 aliphatic carbocycles. The summed E-state index contributed by atoms with van der Waals surface area (Å²) in [6, 6.07) is 0. The summed E-state index contributed by atoms with van der Waals surface area (Å²) in [7, 11) is -3.78. The molecule has 0 heterocycles. The van der Waals surface area contributed by atoms with Crippen LogP contribution in [-0.2, 0) is 14.9 Å². The molecule has 0 spiro atoms. The predicted molar refractivity (Wildman–Crippen MR) is 92.2 cm³/mol. The fraction of sp³-hybridized carbons (Fsp3) is 0.812. The molecule has 132 valence electrons. The third kappa shape index (κ3) is 24.2. The van der Waals surface area contributed by atoms with Crippen LogP contribution in [0, 0.1) is 5.92 Å². The molecule has 0 fully saturated rings. The largest absolute Gasteiger partial charge is 0.366 e. The molecule has 5 nitrogen and oxygen atoms in total. The van der Waals surface area contributed by atoms with Crippen LogP contribution in [0.5, 0.6) is 0 Å². The number of hydrogen-bond donors (Lipinski definition) is 2. The molecular weight excluding hydrogens is 302 g/mol. The molecule has 0 rings (SSSR count). The lowest BCUT2D eigenvalue weighted by molar-refractivity contribution is -0.113. The Balaban J connectivity index is 0. The van der Waals surface area contributed by atoms with Gasteiger partial charge in [0.1, 0.15) is 0 Å². The van der Waals surface area contributed by atoms with Gasteiger partial charge in [-0.1, -0.05) is 71.8 Å². The highest BCUT2D eigenvalue weighted by Crippen LogP contribution is 2.14. The maximum absolute atomic E-state index is 10.6. The van der Waals surface area contributed by atoms with E-state index in [1.54, 1.807) is 0 Å². The Kier molecular flexibility index (Phi) is 16.0. The maximum atomic E-state index is 10.6. The highest BCUT2D eigenvalue weighted by atomic mass is 32.2. The predicted octanol–water partition coefficient (Wildman–Crippen LogP) is 3.70. The Bertz CT molecular complexity index is 380. The van der Waals surface area contributed by atoms with Gasteiger partial charge in [-0.15, -0.1) is 0 Å². The Morgan fingerprint density at radius 1 is 1.14 bits per heavy atom. The van der Waals surface area contributed by atoms with Gasteiger partial charge in [0.15, 0.2) is 0 Å². The van der Waals surface area contributed by atoms with E-state index >= 15 is 0 Å². The monoisotopic (exact) mass is 335 g/mol. The maximum Gasteiger partial charge on any atom is 0.265 e. The summed E-state index contributed by atoms with van der Waals surface area (Å²) in [5.41, 5.74) is 4.53. The van der Waals surface area contributed by atoms with Crippen LogP contribution in [0.3, 0.4) is 0 Å². The van der Waals surface area contributed by atoms with E-state index < -0.39 is 16.0 Å². The zero-order valence-electron chi connectivity index (χ0n) is 14.1. The first-order valence-electron chi connectivity index (χ1n) is 8.10. The van der Waals surface area contributed by atoms with Gasteiger partial charge >= 0.3 is 0 Å². The third-order valence-electron chi connectivity index (χ3n) is 3.25. The van der Waals surface area contributed by atoms with E-state index in [0.29, 0.717) is 0 Å². The fourth-order valence-electron chi connectivity index (χ4n) is 2.07. The molecule has 0 aromatic rings. The van der Waals surface area contributed by atoms with Gasteiger partial charge in [-0.2, -0.15) is 8.42 Å². The molecule has 1 atom stereocenters. The minimum atomic E-state index is -3.78. The van der Waals surface area contributed by atoms with Crippen LogP contribution in [-0.4, -0.2) is 24.6 Å². The SMILES string of the molecule is C=CC(N)=O.CCCCCCCCCCC(C)CS(=O)(=O)O. The van der Waals surface area contributed by atoms with E-state index in [1.165, 1.54) is 44.9 Å². The third-order valence-corrected chi connectivity index (χ3v) is 4.24. The number of primary amides is 1. The number of amides is 1. The molecule has 0 aliphatic rings. The zero-order chi connectivity index (χ0) is 17.4. The minimum absolute atomic E-state index is 0.0742. The number of nitrogens with two attached hydrogens (primary N) is 1. The van der Waals surface area contributed by atoms with Crippen molar-refractivity contribution in [3.63, 3.8) is 0 Å². The van der Waals surface area contributed by atoms with Crippen molar-refractivity contribution in [1.82, 2.24) is 0 Å². The molecule has 6 heteroatoms. The normalized spacial score (nSPS) is 12.1. The summed E-state index contributed by atoms with van der Waals surface area (Å²) in [6.07, 6.45) is 12.1. The standard InChI is InChI=1S/C13H28O3S.C3H5NO/c1-3-4-5-6-7-8-9-10-11-13(2)12-17(14,15)16;1-2-3(4)5/h13H,3-12H2,1-2H3,(H,14,15,16);2H,1H2,(H2,4,5). The number of unbranched alkanes of at least 4 members (excludes halogenated alkanes) is 7. The topological polar surface area (TPSA) is 97.5 Å². The molecular formula is C16H33NO4S.